The zero-order chi connectivity index (χ0) is 19.3. The lowest BCUT2D eigenvalue weighted by Gasteiger charge is -2.36. The van der Waals surface area contributed by atoms with Crippen molar-refractivity contribution in [3.8, 4) is 11.5 Å². The van der Waals surface area contributed by atoms with Gasteiger partial charge in [-0.05, 0) is 62.3 Å². The maximum atomic E-state index is 13.2. The Morgan fingerprint density at radius 2 is 2.00 bits per heavy atom. The van der Waals surface area contributed by atoms with Crippen LogP contribution < -0.4 is 14.4 Å². The molecule has 1 amide bonds. The Morgan fingerprint density at radius 3 is 2.89 bits per heavy atom. The molecule has 5 rings (SSSR count). The Balaban J connectivity index is 1.44. The molecule has 3 aliphatic rings. The number of ether oxygens (including phenoxy) is 2. The van der Waals surface area contributed by atoms with Gasteiger partial charge in [0, 0.05) is 30.3 Å². The Hall–Kier alpha value is -2.79. The maximum absolute atomic E-state index is 13.2. The molecule has 2 aromatic rings. The molecule has 0 saturated carbocycles. The quantitative estimate of drug-likeness (QED) is 0.752. The number of nitrogens with zero attached hydrogens (tertiary/aromatic N) is 2. The minimum Gasteiger partial charge on any atom is -0.454 e. The second-order valence-corrected chi connectivity index (χ2v) is 7.94. The number of carbonyl (C=O) groups excluding carboxylic acids is 1. The first-order chi connectivity index (χ1) is 13.6. The highest BCUT2D eigenvalue weighted by Crippen LogP contribution is 2.45. The SMILES string of the molecule is Cc1ccc2c(c1)C1CN(C)CCC1N2C(=O)C=Cc1ccc2c(c1)OCO2. The Kier molecular flexibility index (Phi) is 4.13. The lowest BCUT2D eigenvalue weighted by molar-refractivity contribution is -0.114. The topological polar surface area (TPSA) is 42.0 Å². The molecule has 0 bridgehead atoms. The first kappa shape index (κ1) is 17.3. The summed E-state index contributed by atoms with van der Waals surface area (Å²) in [5.74, 6) is 1.91. The van der Waals surface area contributed by atoms with Crippen LogP contribution in [0.25, 0.3) is 6.08 Å². The van der Waals surface area contributed by atoms with E-state index in [1.807, 2.05) is 29.2 Å². The van der Waals surface area contributed by atoms with E-state index in [4.69, 9.17) is 9.47 Å². The first-order valence-corrected chi connectivity index (χ1v) is 9.80. The van der Waals surface area contributed by atoms with Gasteiger partial charge in [0.15, 0.2) is 11.5 Å². The van der Waals surface area contributed by atoms with Crippen LogP contribution >= 0.6 is 0 Å². The average molecular weight is 376 g/mol. The van der Waals surface area contributed by atoms with Gasteiger partial charge in [0.2, 0.25) is 6.79 Å². The summed E-state index contributed by atoms with van der Waals surface area (Å²) in [7, 11) is 2.16. The molecular formula is C23H24N2O3. The van der Waals surface area contributed by atoms with E-state index in [1.54, 1.807) is 6.08 Å². The highest BCUT2D eigenvalue weighted by atomic mass is 16.7. The van der Waals surface area contributed by atoms with Gasteiger partial charge in [-0.1, -0.05) is 23.8 Å². The van der Waals surface area contributed by atoms with Crippen LogP contribution in [0.2, 0.25) is 0 Å². The zero-order valence-electron chi connectivity index (χ0n) is 16.2. The number of benzene rings is 2. The van der Waals surface area contributed by atoms with Crippen LogP contribution in [-0.4, -0.2) is 43.8 Å². The summed E-state index contributed by atoms with van der Waals surface area (Å²) in [5, 5.41) is 0. The summed E-state index contributed by atoms with van der Waals surface area (Å²) in [6, 6.07) is 12.4. The number of likely N-dealkylation sites (tertiary alicyclic amines) is 1. The monoisotopic (exact) mass is 376 g/mol. The molecule has 3 heterocycles. The van der Waals surface area contributed by atoms with Crippen molar-refractivity contribution >= 4 is 17.7 Å². The predicted octanol–water partition coefficient (Wildman–Crippen LogP) is 3.57. The molecule has 144 valence electrons. The van der Waals surface area contributed by atoms with Gasteiger partial charge in [0.05, 0.1) is 0 Å². The number of hydrogen-bond acceptors (Lipinski definition) is 4. The van der Waals surface area contributed by atoms with Crippen molar-refractivity contribution in [2.45, 2.75) is 25.3 Å². The Labute approximate surface area is 165 Å². The van der Waals surface area contributed by atoms with Gasteiger partial charge in [-0.25, -0.2) is 0 Å². The van der Waals surface area contributed by atoms with Crippen LogP contribution in [0.15, 0.2) is 42.5 Å². The molecule has 3 aliphatic heterocycles. The highest BCUT2D eigenvalue weighted by Gasteiger charge is 2.43. The van der Waals surface area contributed by atoms with E-state index in [0.29, 0.717) is 5.92 Å². The van der Waals surface area contributed by atoms with Gasteiger partial charge >= 0.3 is 0 Å². The number of hydrogen-bond donors (Lipinski definition) is 0. The van der Waals surface area contributed by atoms with Gasteiger partial charge in [0.25, 0.3) is 5.91 Å². The van der Waals surface area contributed by atoms with Gasteiger partial charge in [-0.3, -0.25) is 4.79 Å². The van der Waals surface area contributed by atoms with Crippen LogP contribution in [0, 0.1) is 6.92 Å². The summed E-state index contributed by atoms with van der Waals surface area (Å²) >= 11 is 0. The summed E-state index contributed by atoms with van der Waals surface area (Å²) in [6.45, 7) is 4.38. The Morgan fingerprint density at radius 1 is 1.14 bits per heavy atom. The van der Waals surface area contributed by atoms with Crippen molar-refractivity contribution in [2.24, 2.45) is 0 Å². The lowest BCUT2D eigenvalue weighted by atomic mass is 9.89. The molecule has 0 N–H and O–H groups in total. The van der Waals surface area contributed by atoms with Crippen LogP contribution in [-0.2, 0) is 4.79 Å². The third kappa shape index (κ3) is 2.87. The summed E-state index contributed by atoms with van der Waals surface area (Å²) in [5.41, 5.74) is 4.55. The molecule has 5 nitrogen and oxygen atoms in total. The standard InChI is InChI=1S/C23H24N2O3/c1-15-3-6-19-17(11-15)18-13-24(2)10-9-20(18)25(19)23(26)8-5-16-4-7-21-22(12-16)28-14-27-21/h3-8,11-12,18,20H,9-10,13-14H2,1-2H3. The van der Waals surface area contributed by atoms with E-state index >= 15 is 0 Å². The van der Waals surface area contributed by atoms with Crippen LogP contribution in [0.3, 0.4) is 0 Å². The van der Waals surface area contributed by atoms with Gasteiger partial charge in [-0.15, -0.1) is 0 Å². The van der Waals surface area contributed by atoms with E-state index in [1.165, 1.54) is 11.1 Å². The molecule has 2 atom stereocenters. The van der Waals surface area contributed by atoms with Crippen LogP contribution in [0.5, 0.6) is 11.5 Å². The van der Waals surface area contributed by atoms with E-state index in [9.17, 15) is 4.79 Å². The second-order valence-electron chi connectivity index (χ2n) is 7.94. The number of piperidine rings is 1. The fraction of sp³-hybridized carbons (Fsp3) is 0.348. The fourth-order valence-electron chi connectivity index (χ4n) is 4.63. The molecule has 1 fully saturated rings. The highest BCUT2D eigenvalue weighted by molar-refractivity contribution is 6.06. The first-order valence-electron chi connectivity index (χ1n) is 9.80. The van der Waals surface area contributed by atoms with E-state index in [-0.39, 0.29) is 18.7 Å². The van der Waals surface area contributed by atoms with Crippen LogP contribution in [0.4, 0.5) is 5.69 Å². The number of rotatable bonds is 2. The van der Waals surface area contributed by atoms with Crippen LogP contribution in [0.1, 0.15) is 29.0 Å². The zero-order valence-corrected chi connectivity index (χ0v) is 16.2. The maximum Gasteiger partial charge on any atom is 0.251 e. The van der Waals surface area contributed by atoms with E-state index in [2.05, 4.69) is 37.1 Å². The minimum absolute atomic E-state index is 0.0415. The normalized spacial score (nSPS) is 23.1. The predicted molar refractivity (Wildman–Crippen MR) is 109 cm³/mol. The fourth-order valence-corrected chi connectivity index (χ4v) is 4.63. The summed E-state index contributed by atoms with van der Waals surface area (Å²) in [4.78, 5) is 17.6. The van der Waals surface area contributed by atoms with Crippen molar-refractivity contribution in [1.82, 2.24) is 4.90 Å². The molecule has 1 saturated heterocycles. The molecule has 0 spiro atoms. The van der Waals surface area contributed by atoms with Crippen molar-refractivity contribution in [3.63, 3.8) is 0 Å². The summed E-state index contributed by atoms with van der Waals surface area (Å²) < 4.78 is 10.8. The molecule has 28 heavy (non-hydrogen) atoms. The molecule has 0 aromatic heterocycles. The van der Waals surface area contributed by atoms with Crippen molar-refractivity contribution in [2.75, 3.05) is 31.8 Å². The molecule has 0 aliphatic carbocycles. The Bertz CT molecular complexity index is 968. The average Bonchev–Trinajstić information content (AvgIpc) is 3.27. The smallest absolute Gasteiger partial charge is 0.251 e. The number of aryl methyl sites for hydroxylation is 1. The van der Waals surface area contributed by atoms with Crippen molar-refractivity contribution in [1.29, 1.82) is 0 Å². The van der Waals surface area contributed by atoms with Crippen molar-refractivity contribution < 1.29 is 14.3 Å². The van der Waals surface area contributed by atoms with Gasteiger partial charge < -0.3 is 19.3 Å². The third-order valence-electron chi connectivity index (χ3n) is 6.01. The number of carbonyl (C=O) groups is 1. The summed E-state index contributed by atoms with van der Waals surface area (Å²) in [6.07, 6.45) is 4.54. The molecule has 2 aromatic carbocycles. The molecular weight excluding hydrogens is 352 g/mol. The van der Waals surface area contributed by atoms with Gasteiger partial charge in [-0.2, -0.15) is 0 Å². The molecule has 0 radical (unpaired) electrons. The number of amides is 1. The minimum atomic E-state index is 0.0415. The molecule has 5 heteroatoms. The molecule has 2 unspecified atom stereocenters. The van der Waals surface area contributed by atoms with E-state index in [0.717, 1.165) is 42.3 Å². The van der Waals surface area contributed by atoms with Gasteiger partial charge in [0.1, 0.15) is 0 Å². The van der Waals surface area contributed by atoms with Crippen molar-refractivity contribution in [3.05, 3.63) is 59.2 Å². The number of likely N-dealkylation sites (N-methyl/N-ethyl adjacent to an activating group) is 1. The second kappa shape index (κ2) is 6.67. The lowest BCUT2D eigenvalue weighted by Crippen LogP contribution is -2.46. The number of anilines is 1. The third-order valence-corrected chi connectivity index (χ3v) is 6.01. The largest absolute Gasteiger partial charge is 0.454 e. The van der Waals surface area contributed by atoms with E-state index < -0.39 is 0 Å². The number of fused-ring (bicyclic) bond motifs is 4.